The smallest absolute Gasteiger partial charge is 0.0480 e. The van der Waals surface area contributed by atoms with Gasteiger partial charge in [-0.1, -0.05) is 0 Å². The lowest BCUT2D eigenvalue weighted by Crippen LogP contribution is -2.41. The Morgan fingerprint density at radius 1 is 1.00 bits per heavy atom. The molecule has 1 N–H and O–H groups in total. The molecule has 2 aliphatic rings. The molecule has 0 amide bonds. The molecule has 3 nitrogen and oxygen atoms in total. The van der Waals surface area contributed by atoms with Gasteiger partial charge < -0.3 is 15.0 Å². The van der Waals surface area contributed by atoms with Crippen molar-refractivity contribution in [2.75, 3.05) is 27.3 Å². The SMILES string of the molecule is CN(C)C1CCC(NC2CCOCC2)C1. The number of nitrogens with zero attached hydrogens (tertiary/aromatic N) is 1. The molecule has 0 spiro atoms. The fraction of sp³-hybridized carbons (Fsp3) is 1.00. The molecule has 2 unspecified atom stereocenters. The van der Waals surface area contributed by atoms with Gasteiger partial charge in [0.15, 0.2) is 0 Å². The highest BCUT2D eigenvalue weighted by Crippen LogP contribution is 2.23. The minimum atomic E-state index is 0.713. The average Bonchev–Trinajstić information content (AvgIpc) is 2.68. The number of rotatable bonds is 3. The summed E-state index contributed by atoms with van der Waals surface area (Å²) in [6, 6.07) is 2.26. The van der Waals surface area contributed by atoms with Crippen molar-refractivity contribution in [1.29, 1.82) is 0 Å². The molecule has 1 heterocycles. The Morgan fingerprint density at radius 2 is 1.73 bits per heavy atom. The minimum Gasteiger partial charge on any atom is -0.381 e. The number of hydrogen-bond donors (Lipinski definition) is 1. The summed E-state index contributed by atoms with van der Waals surface area (Å²) in [6.07, 6.45) is 6.42. The van der Waals surface area contributed by atoms with E-state index in [1.54, 1.807) is 0 Å². The van der Waals surface area contributed by atoms with Gasteiger partial charge in [0.1, 0.15) is 0 Å². The molecule has 0 aromatic heterocycles. The van der Waals surface area contributed by atoms with E-state index in [0.29, 0.717) is 6.04 Å². The number of hydrogen-bond acceptors (Lipinski definition) is 3. The van der Waals surface area contributed by atoms with Crippen LogP contribution in [0.4, 0.5) is 0 Å². The summed E-state index contributed by atoms with van der Waals surface area (Å²) in [4.78, 5) is 2.37. The highest BCUT2D eigenvalue weighted by atomic mass is 16.5. The third kappa shape index (κ3) is 3.16. The molecule has 3 heteroatoms. The van der Waals surface area contributed by atoms with Crippen molar-refractivity contribution in [3.63, 3.8) is 0 Å². The quantitative estimate of drug-likeness (QED) is 0.762. The van der Waals surface area contributed by atoms with Crippen molar-refractivity contribution < 1.29 is 4.74 Å². The maximum atomic E-state index is 5.38. The van der Waals surface area contributed by atoms with E-state index in [1.807, 2.05) is 0 Å². The molecule has 0 aromatic carbocycles. The molecule has 2 atom stereocenters. The Labute approximate surface area is 93.2 Å². The molecule has 1 aliphatic heterocycles. The van der Waals surface area contributed by atoms with Crippen molar-refractivity contribution in [2.45, 2.75) is 50.2 Å². The van der Waals surface area contributed by atoms with E-state index in [0.717, 1.165) is 25.3 Å². The van der Waals surface area contributed by atoms with Gasteiger partial charge in [0.25, 0.3) is 0 Å². The normalized spacial score (nSPS) is 33.8. The van der Waals surface area contributed by atoms with E-state index in [2.05, 4.69) is 24.3 Å². The van der Waals surface area contributed by atoms with E-state index in [4.69, 9.17) is 4.74 Å². The van der Waals surface area contributed by atoms with Crippen LogP contribution >= 0.6 is 0 Å². The van der Waals surface area contributed by atoms with Crippen LogP contribution in [0.2, 0.25) is 0 Å². The Balaban J connectivity index is 1.71. The predicted octanol–water partition coefficient (Wildman–Crippen LogP) is 1.24. The van der Waals surface area contributed by atoms with Crippen LogP contribution in [0.25, 0.3) is 0 Å². The Morgan fingerprint density at radius 3 is 2.33 bits per heavy atom. The second-order valence-corrected chi connectivity index (χ2v) is 5.18. The van der Waals surface area contributed by atoms with Gasteiger partial charge in [-0.05, 0) is 46.2 Å². The average molecular weight is 212 g/mol. The summed E-state index contributed by atoms with van der Waals surface area (Å²) in [5, 5.41) is 3.80. The summed E-state index contributed by atoms with van der Waals surface area (Å²) < 4.78 is 5.38. The van der Waals surface area contributed by atoms with Crippen molar-refractivity contribution in [3.05, 3.63) is 0 Å². The van der Waals surface area contributed by atoms with Gasteiger partial charge in [-0.15, -0.1) is 0 Å². The Hall–Kier alpha value is -0.120. The van der Waals surface area contributed by atoms with Gasteiger partial charge >= 0.3 is 0 Å². The number of nitrogens with one attached hydrogen (secondary N) is 1. The molecular formula is C12H24N2O. The highest BCUT2D eigenvalue weighted by molar-refractivity contribution is 4.87. The third-order valence-electron chi connectivity index (χ3n) is 3.83. The predicted molar refractivity (Wildman–Crippen MR) is 62.1 cm³/mol. The van der Waals surface area contributed by atoms with Crippen LogP contribution in [0, 0.1) is 0 Å². The van der Waals surface area contributed by atoms with Gasteiger partial charge in [0.05, 0.1) is 0 Å². The van der Waals surface area contributed by atoms with Crippen LogP contribution in [0.15, 0.2) is 0 Å². The van der Waals surface area contributed by atoms with Gasteiger partial charge in [-0.3, -0.25) is 0 Å². The molecule has 1 aliphatic carbocycles. The second kappa shape index (κ2) is 5.28. The maximum Gasteiger partial charge on any atom is 0.0480 e. The molecule has 2 fully saturated rings. The zero-order valence-electron chi connectivity index (χ0n) is 10.0. The summed E-state index contributed by atoms with van der Waals surface area (Å²) in [5.41, 5.74) is 0. The van der Waals surface area contributed by atoms with Gasteiger partial charge in [0, 0.05) is 31.3 Å². The lowest BCUT2D eigenvalue weighted by Gasteiger charge is -2.27. The molecular weight excluding hydrogens is 188 g/mol. The first-order valence-corrected chi connectivity index (χ1v) is 6.26. The first kappa shape index (κ1) is 11.4. The fourth-order valence-corrected chi connectivity index (χ4v) is 2.78. The molecule has 0 bridgehead atoms. The highest BCUT2D eigenvalue weighted by Gasteiger charge is 2.27. The molecule has 2 rings (SSSR count). The van der Waals surface area contributed by atoms with E-state index in [-0.39, 0.29) is 0 Å². The Kier molecular flexibility index (Phi) is 4.00. The fourth-order valence-electron chi connectivity index (χ4n) is 2.78. The summed E-state index contributed by atoms with van der Waals surface area (Å²) >= 11 is 0. The molecule has 15 heavy (non-hydrogen) atoms. The van der Waals surface area contributed by atoms with Crippen LogP contribution in [0.5, 0.6) is 0 Å². The van der Waals surface area contributed by atoms with Crippen molar-refractivity contribution >= 4 is 0 Å². The summed E-state index contributed by atoms with van der Waals surface area (Å²) in [5.74, 6) is 0. The van der Waals surface area contributed by atoms with Gasteiger partial charge in [-0.2, -0.15) is 0 Å². The van der Waals surface area contributed by atoms with Crippen LogP contribution < -0.4 is 5.32 Å². The molecule has 0 radical (unpaired) electrons. The molecule has 88 valence electrons. The third-order valence-corrected chi connectivity index (χ3v) is 3.83. The van der Waals surface area contributed by atoms with Gasteiger partial charge in [0.2, 0.25) is 0 Å². The van der Waals surface area contributed by atoms with Crippen LogP contribution in [-0.2, 0) is 4.74 Å². The lowest BCUT2D eigenvalue weighted by molar-refractivity contribution is 0.0748. The number of ether oxygens (including phenoxy) is 1. The zero-order valence-corrected chi connectivity index (χ0v) is 10.0. The van der Waals surface area contributed by atoms with E-state index in [1.165, 1.54) is 32.1 Å². The zero-order chi connectivity index (χ0) is 10.7. The summed E-state index contributed by atoms with van der Waals surface area (Å²) in [7, 11) is 4.39. The van der Waals surface area contributed by atoms with Crippen LogP contribution in [0.1, 0.15) is 32.1 Å². The van der Waals surface area contributed by atoms with Crippen molar-refractivity contribution in [3.8, 4) is 0 Å². The molecule has 1 saturated heterocycles. The first-order valence-electron chi connectivity index (χ1n) is 6.26. The maximum absolute atomic E-state index is 5.38. The topological polar surface area (TPSA) is 24.5 Å². The molecule has 0 aromatic rings. The van der Waals surface area contributed by atoms with E-state index >= 15 is 0 Å². The summed E-state index contributed by atoms with van der Waals surface area (Å²) in [6.45, 7) is 1.89. The van der Waals surface area contributed by atoms with Gasteiger partial charge in [-0.25, -0.2) is 0 Å². The van der Waals surface area contributed by atoms with Crippen molar-refractivity contribution in [1.82, 2.24) is 10.2 Å². The van der Waals surface area contributed by atoms with Crippen molar-refractivity contribution in [2.24, 2.45) is 0 Å². The van der Waals surface area contributed by atoms with Crippen LogP contribution in [0.3, 0.4) is 0 Å². The first-order chi connectivity index (χ1) is 7.25. The standard InChI is InChI=1S/C12H24N2O/c1-14(2)12-4-3-11(9-12)13-10-5-7-15-8-6-10/h10-13H,3-9H2,1-2H3. The minimum absolute atomic E-state index is 0.713. The van der Waals surface area contributed by atoms with E-state index in [9.17, 15) is 0 Å². The monoisotopic (exact) mass is 212 g/mol. The van der Waals surface area contributed by atoms with E-state index < -0.39 is 0 Å². The second-order valence-electron chi connectivity index (χ2n) is 5.18. The lowest BCUT2D eigenvalue weighted by atomic mass is 10.1. The Bertz CT molecular complexity index is 190. The molecule has 1 saturated carbocycles. The largest absolute Gasteiger partial charge is 0.381 e. The van der Waals surface area contributed by atoms with Crippen LogP contribution in [-0.4, -0.2) is 50.3 Å².